The zero-order chi connectivity index (χ0) is 18.2. The van der Waals surface area contributed by atoms with Gasteiger partial charge in [-0.3, -0.25) is 0 Å². The molecule has 1 N–H and O–H groups in total. The van der Waals surface area contributed by atoms with Crippen LogP contribution in [0.15, 0.2) is 29.3 Å². The van der Waals surface area contributed by atoms with Gasteiger partial charge in [-0.2, -0.15) is 13.9 Å². The van der Waals surface area contributed by atoms with Crippen LogP contribution in [0.1, 0.15) is 17.8 Å². The molecule has 0 amide bonds. The monoisotopic (exact) mass is 373 g/mol. The molecule has 0 unspecified atom stereocenters. The third-order valence-electron chi connectivity index (χ3n) is 3.97. The van der Waals surface area contributed by atoms with Gasteiger partial charge in [0.25, 0.3) is 0 Å². The van der Waals surface area contributed by atoms with Gasteiger partial charge in [0, 0.05) is 0 Å². The molecule has 0 aliphatic carbocycles. The van der Waals surface area contributed by atoms with E-state index in [0.717, 1.165) is 11.8 Å². The lowest BCUT2D eigenvalue weighted by molar-refractivity contribution is 0.0541. The lowest BCUT2D eigenvalue weighted by Gasteiger charge is -2.26. The number of rotatable bonds is 5. The number of hydrogen-bond acceptors (Lipinski definition) is 5. The van der Waals surface area contributed by atoms with Crippen LogP contribution in [0.3, 0.4) is 0 Å². The van der Waals surface area contributed by atoms with Crippen LogP contribution < -0.4 is 14.2 Å². The van der Waals surface area contributed by atoms with Crippen LogP contribution in [0.25, 0.3) is 0 Å². The minimum absolute atomic E-state index is 0.124. The first-order valence-electron chi connectivity index (χ1n) is 7.46. The number of nitrogens with one attached hydrogen (secondary N) is 1. The van der Waals surface area contributed by atoms with Crippen LogP contribution in [-0.2, 0) is 16.4 Å². The fraction of sp³-hybridized carbons (Fsp3) is 0.400. The van der Waals surface area contributed by atoms with E-state index in [2.05, 4.69) is 9.82 Å². The second kappa shape index (κ2) is 6.60. The smallest absolute Gasteiger partial charge is 0.333 e. The van der Waals surface area contributed by atoms with E-state index in [1.165, 1.54) is 14.0 Å². The predicted octanol–water partition coefficient (Wildman–Crippen LogP) is 1.88. The fourth-order valence-electron chi connectivity index (χ4n) is 2.72. The van der Waals surface area contributed by atoms with E-state index in [1.807, 2.05) is 0 Å². The van der Waals surface area contributed by atoms with Gasteiger partial charge in [0.1, 0.15) is 23.0 Å². The molecule has 7 nitrogen and oxygen atoms in total. The summed E-state index contributed by atoms with van der Waals surface area (Å²) in [6.07, 6.45) is 1.32. The molecule has 1 atom stereocenters. The minimum Gasteiger partial charge on any atom is -0.497 e. The molecule has 2 heterocycles. The maximum absolute atomic E-state index is 12.8. The Morgan fingerprint density at radius 1 is 1.44 bits per heavy atom. The van der Waals surface area contributed by atoms with E-state index in [0.29, 0.717) is 22.6 Å². The molecule has 0 spiro atoms. The summed E-state index contributed by atoms with van der Waals surface area (Å²) >= 11 is 0. The van der Waals surface area contributed by atoms with Crippen LogP contribution in [0.4, 0.5) is 8.78 Å². The van der Waals surface area contributed by atoms with Gasteiger partial charge < -0.3 is 9.47 Å². The number of methoxy groups -OCH3 is 1. The number of benzene rings is 1. The standard InChI is InChI=1S/C15H17F2N3O4S/c1-9-14(7-18-20(9)15(16)17)25(21,22)19-11-5-10-6-12(23-2)3-4-13(10)24-8-11/h3-4,6-7,11,15,19H,5,8H2,1-2H3/t11-/m1/s1. The Morgan fingerprint density at radius 2 is 2.20 bits per heavy atom. The molecule has 10 heteroatoms. The van der Waals surface area contributed by atoms with Gasteiger partial charge in [0.15, 0.2) is 0 Å². The summed E-state index contributed by atoms with van der Waals surface area (Å²) in [5, 5.41) is 3.43. The van der Waals surface area contributed by atoms with Crippen LogP contribution in [0.2, 0.25) is 0 Å². The largest absolute Gasteiger partial charge is 0.497 e. The first-order valence-corrected chi connectivity index (χ1v) is 8.94. The summed E-state index contributed by atoms with van der Waals surface area (Å²) in [6, 6.07) is 4.76. The number of fused-ring (bicyclic) bond motifs is 1. The second-order valence-corrected chi connectivity index (χ2v) is 7.31. The second-order valence-electron chi connectivity index (χ2n) is 5.62. The van der Waals surface area contributed by atoms with Crippen LogP contribution in [0.5, 0.6) is 11.5 Å². The average molecular weight is 373 g/mol. The summed E-state index contributed by atoms with van der Waals surface area (Å²) in [4.78, 5) is -0.274. The third-order valence-corrected chi connectivity index (χ3v) is 5.59. The molecule has 0 saturated carbocycles. The number of hydrogen-bond donors (Lipinski definition) is 1. The van der Waals surface area contributed by atoms with Gasteiger partial charge in [-0.1, -0.05) is 0 Å². The lowest BCUT2D eigenvalue weighted by Crippen LogP contribution is -2.42. The zero-order valence-electron chi connectivity index (χ0n) is 13.6. The number of sulfonamides is 1. The van der Waals surface area contributed by atoms with Gasteiger partial charge in [-0.15, -0.1) is 0 Å². The van der Waals surface area contributed by atoms with Crippen molar-refractivity contribution in [1.29, 1.82) is 0 Å². The molecule has 3 rings (SSSR count). The van der Waals surface area contributed by atoms with Crippen molar-refractivity contribution in [3.8, 4) is 11.5 Å². The van der Waals surface area contributed by atoms with E-state index in [4.69, 9.17) is 9.47 Å². The van der Waals surface area contributed by atoms with Crippen molar-refractivity contribution in [1.82, 2.24) is 14.5 Å². The zero-order valence-corrected chi connectivity index (χ0v) is 14.4. The maximum atomic E-state index is 12.8. The highest BCUT2D eigenvalue weighted by atomic mass is 32.2. The van der Waals surface area contributed by atoms with E-state index in [9.17, 15) is 17.2 Å². The first-order chi connectivity index (χ1) is 11.8. The van der Waals surface area contributed by atoms with Gasteiger partial charge in [-0.25, -0.2) is 17.8 Å². The number of alkyl halides is 2. The highest BCUT2D eigenvalue weighted by Gasteiger charge is 2.29. The molecule has 1 aromatic carbocycles. The van der Waals surface area contributed by atoms with Crippen molar-refractivity contribution in [3.63, 3.8) is 0 Å². The molecule has 1 aliphatic rings. The highest BCUT2D eigenvalue weighted by molar-refractivity contribution is 7.89. The third kappa shape index (κ3) is 3.45. The molecule has 0 radical (unpaired) electrons. The first kappa shape index (κ1) is 17.6. The van der Waals surface area contributed by atoms with Crippen molar-refractivity contribution in [2.75, 3.05) is 13.7 Å². The van der Waals surface area contributed by atoms with Crippen molar-refractivity contribution >= 4 is 10.0 Å². The molecule has 136 valence electrons. The van der Waals surface area contributed by atoms with Gasteiger partial charge >= 0.3 is 6.55 Å². The minimum atomic E-state index is -4.00. The van der Waals surface area contributed by atoms with E-state index < -0.39 is 22.6 Å². The normalized spacial score (nSPS) is 17.2. The molecule has 25 heavy (non-hydrogen) atoms. The van der Waals surface area contributed by atoms with Crippen LogP contribution in [-0.4, -0.2) is 38.0 Å². The van der Waals surface area contributed by atoms with Crippen LogP contribution in [0, 0.1) is 6.92 Å². The summed E-state index contributed by atoms with van der Waals surface area (Å²) in [6.45, 7) is -1.48. The van der Waals surface area contributed by atoms with Crippen molar-refractivity contribution in [3.05, 3.63) is 35.7 Å². The van der Waals surface area contributed by atoms with Crippen molar-refractivity contribution in [2.24, 2.45) is 0 Å². The SMILES string of the molecule is COc1ccc2c(c1)C[C@@H](NS(=O)(=O)c1cnn(C(F)F)c1C)CO2. The molecule has 0 bridgehead atoms. The quantitative estimate of drug-likeness (QED) is 0.865. The fourth-order valence-corrected chi connectivity index (χ4v) is 4.11. The summed E-state index contributed by atoms with van der Waals surface area (Å²) in [5.41, 5.74) is 0.680. The van der Waals surface area contributed by atoms with E-state index >= 15 is 0 Å². The Morgan fingerprint density at radius 3 is 2.84 bits per heavy atom. The Bertz CT molecular complexity index is 883. The summed E-state index contributed by atoms with van der Waals surface area (Å²) in [5.74, 6) is 1.30. The van der Waals surface area contributed by atoms with E-state index in [1.54, 1.807) is 18.2 Å². The molecule has 1 aromatic heterocycles. The Kier molecular flexibility index (Phi) is 4.65. The summed E-state index contributed by atoms with van der Waals surface area (Å²) in [7, 11) is -2.46. The summed E-state index contributed by atoms with van der Waals surface area (Å²) < 4.78 is 64.1. The molecular formula is C15H17F2N3O4S. The highest BCUT2D eigenvalue weighted by Crippen LogP contribution is 2.29. The molecule has 0 saturated heterocycles. The van der Waals surface area contributed by atoms with E-state index in [-0.39, 0.29) is 17.2 Å². The molecule has 0 fully saturated rings. The van der Waals surface area contributed by atoms with Crippen molar-refractivity contribution in [2.45, 2.75) is 30.8 Å². The van der Waals surface area contributed by atoms with Crippen molar-refractivity contribution < 1.29 is 26.7 Å². The van der Waals surface area contributed by atoms with Gasteiger partial charge in [0.05, 0.1) is 25.0 Å². The number of halogens is 2. The Labute approximate surface area is 143 Å². The number of ether oxygens (including phenoxy) is 2. The Hall–Kier alpha value is -2.20. The molecular weight excluding hydrogens is 356 g/mol. The maximum Gasteiger partial charge on any atom is 0.333 e. The molecule has 1 aliphatic heterocycles. The predicted molar refractivity (Wildman–Crippen MR) is 84.5 cm³/mol. The van der Waals surface area contributed by atoms with Crippen LogP contribution >= 0.6 is 0 Å². The van der Waals surface area contributed by atoms with Gasteiger partial charge in [-0.05, 0) is 37.1 Å². The Balaban J connectivity index is 1.80. The topological polar surface area (TPSA) is 82.5 Å². The lowest BCUT2D eigenvalue weighted by atomic mass is 10.0. The molecule has 2 aromatic rings. The van der Waals surface area contributed by atoms with Gasteiger partial charge in [0.2, 0.25) is 10.0 Å². The average Bonchev–Trinajstić information content (AvgIpc) is 2.96. The number of aromatic nitrogens is 2. The number of nitrogens with zero attached hydrogens (tertiary/aromatic N) is 2.